The monoisotopic (exact) mass is 396 g/mol. The molecule has 0 aliphatic heterocycles. The fraction of sp³-hybridized carbons (Fsp3) is 0.480. The Balaban J connectivity index is 2.39. The third-order valence-electron chi connectivity index (χ3n) is 5.51. The molecule has 0 fully saturated rings. The second-order valence-corrected chi connectivity index (χ2v) is 9.79. The Morgan fingerprint density at radius 3 is 2.52 bits per heavy atom. The molecule has 2 aromatic carbocycles. The van der Waals surface area contributed by atoms with Crippen LogP contribution in [0.4, 0.5) is 0 Å². The van der Waals surface area contributed by atoms with Crippen molar-refractivity contribution in [2.75, 3.05) is 0 Å². The van der Waals surface area contributed by atoms with Gasteiger partial charge in [-0.05, 0) is 73.4 Å². The van der Waals surface area contributed by atoms with Crippen molar-refractivity contribution in [1.82, 2.24) is 0 Å². The number of aliphatic hydroxyl groups is 1. The first kappa shape index (κ1) is 21.5. The molecule has 0 aromatic heterocycles. The maximum absolute atomic E-state index is 12.3. The van der Waals surface area contributed by atoms with Crippen molar-refractivity contribution < 1.29 is 19.7 Å². The summed E-state index contributed by atoms with van der Waals surface area (Å²) in [4.78, 5) is 12.3. The first-order valence-corrected chi connectivity index (χ1v) is 10.2. The summed E-state index contributed by atoms with van der Waals surface area (Å²) in [5.41, 5.74) is 2.40. The summed E-state index contributed by atoms with van der Waals surface area (Å²) in [5, 5.41) is 23.0. The number of aliphatic hydroxyl groups excluding tert-OH is 1. The highest BCUT2D eigenvalue weighted by Gasteiger charge is 2.35. The van der Waals surface area contributed by atoms with Gasteiger partial charge in [0.1, 0.15) is 0 Å². The van der Waals surface area contributed by atoms with Gasteiger partial charge in [0.25, 0.3) is 0 Å². The van der Waals surface area contributed by atoms with Gasteiger partial charge in [0, 0.05) is 5.56 Å². The van der Waals surface area contributed by atoms with E-state index in [0.29, 0.717) is 12.0 Å². The molecule has 1 unspecified atom stereocenters. The summed E-state index contributed by atoms with van der Waals surface area (Å²) >= 11 is 0. The van der Waals surface area contributed by atoms with Gasteiger partial charge in [-0.15, -0.1) is 0 Å². The van der Waals surface area contributed by atoms with E-state index in [4.69, 9.17) is 4.74 Å². The fourth-order valence-electron chi connectivity index (χ4n) is 4.23. The minimum atomic E-state index is -1.12. The topological polar surface area (TPSA) is 66.8 Å². The van der Waals surface area contributed by atoms with Crippen LogP contribution in [0.2, 0.25) is 0 Å². The van der Waals surface area contributed by atoms with Crippen LogP contribution in [0.25, 0.3) is 16.3 Å². The molecule has 0 radical (unpaired) electrons. The summed E-state index contributed by atoms with van der Waals surface area (Å²) in [5.74, 6) is -1.02. The zero-order valence-corrected chi connectivity index (χ0v) is 18.2. The summed E-state index contributed by atoms with van der Waals surface area (Å²) in [6.45, 7) is 11.8. The summed E-state index contributed by atoms with van der Waals surface area (Å²) < 4.78 is 6.03. The Kier molecular flexibility index (Phi) is 5.63. The molecule has 0 bridgehead atoms. The Bertz CT molecular complexity index is 963. The number of aryl methyl sites for hydroxylation is 1. The van der Waals surface area contributed by atoms with Crippen molar-refractivity contribution >= 4 is 22.3 Å². The first-order valence-electron chi connectivity index (χ1n) is 10.2. The number of aliphatic carboxylic acids is 1. The van der Waals surface area contributed by atoms with Crippen LogP contribution in [0.3, 0.4) is 0 Å². The van der Waals surface area contributed by atoms with E-state index in [9.17, 15) is 15.0 Å². The van der Waals surface area contributed by atoms with Crippen molar-refractivity contribution in [3.63, 3.8) is 0 Å². The molecule has 4 nitrogen and oxygen atoms in total. The van der Waals surface area contributed by atoms with E-state index in [2.05, 4.69) is 19.9 Å². The van der Waals surface area contributed by atoms with Crippen LogP contribution in [0.15, 0.2) is 36.4 Å². The number of benzene rings is 2. The molecule has 29 heavy (non-hydrogen) atoms. The number of allylic oxidation sites excluding steroid dienone is 1. The number of carboxylic acids is 1. The van der Waals surface area contributed by atoms with Crippen LogP contribution in [0.1, 0.15) is 70.3 Å². The average molecular weight is 397 g/mol. The van der Waals surface area contributed by atoms with E-state index in [0.717, 1.165) is 33.9 Å². The van der Waals surface area contributed by atoms with Crippen molar-refractivity contribution in [1.29, 1.82) is 0 Å². The highest BCUT2D eigenvalue weighted by molar-refractivity contribution is 5.98. The van der Waals surface area contributed by atoms with Crippen LogP contribution >= 0.6 is 0 Å². The SMILES string of the molecule is Cc1cc2ccccc2c(C2=CC(C)(C)CCC2O)c1[C@H](OC(C)(C)C)C(=O)O. The molecule has 0 saturated heterocycles. The molecule has 1 aliphatic carbocycles. The van der Waals surface area contributed by atoms with Crippen molar-refractivity contribution in [3.8, 4) is 0 Å². The van der Waals surface area contributed by atoms with Crippen LogP contribution in [-0.2, 0) is 9.53 Å². The lowest BCUT2D eigenvalue weighted by atomic mass is 9.74. The smallest absolute Gasteiger partial charge is 0.337 e. The molecule has 3 rings (SSSR count). The minimum absolute atomic E-state index is 0.0692. The fourth-order valence-corrected chi connectivity index (χ4v) is 4.23. The Morgan fingerprint density at radius 2 is 1.90 bits per heavy atom. The lowest BCUT2D eigenvalue weighted by molar-refractivity contribution is -0.160. The van der Waals surface area contributed by atoms with Crippen LogP contribution in [-0.4, -0.2) is 27.9 Å². The average Bonchev–Trinajstić information content (AvgIpc) is 2.60. The second-order valence-electron chi connectivity index (χ2n) is 9.79. The van der Waals surface area contributed by atoms with Gasteiger partial charge < -0.3 is 14.9 Å². The molecule has 0 amide bonds. The maximum Gasteiger partial charge on any atom is 0.337 e. The molecule has 156 valence electrons. The third kappa shape index (κ3) is 4.54. The Labute approximate surface area is 173 Å². The number of ether oxygens (including phenoxy) is 1. The van der Waals surface area contributed by atoms with Gasteiger partial charge >= 0.3 is 5.97 Å². The zero-order valence-electron chi connectivity index (χ0n) is 18.2. The van der Waals surface area contributed by atoms with Crippen molar-refractivity contribution in [2.45, 2.75) is 72.2 Å². The van der Waals surface area contributed by atoms with Gasteiger partial charge in [-0.25, -0.2) is 4.79 Å². The van der Waals surface area contributed by atoms with Crippen LogP contribution in [0, 0.1) is 12.3 Å². The number of carboxylic acid groups (broad SMARTS) is 1. The number of hydrogen-bond donors (Lipinski definition) is 2. The van der Waals surface area contributed by atoms with Crippen molar-refractivity contribution in [2.24, 2.45) is 5.41 Å². The largest absolute Gasteiger partial charge is 0.479 e. The molecule has 2 N–H and O–H groups in total. The lowest BCUT2D eigenvalue weighted by Crippen LogP contribution is -2.30. The number of rotatable bonds is 4. The molecule has 4 heteroatoms. The summed E-state index contributed by atoms with van der Waals surface area (Å²) in [7, 11) is 0. The summed E-state index contributed by atoms with van der Waals surface area (Å²) in [6.07, 6.45) is 1.90. The number of fused-ring (bicyclic) bond motifs is 1. The summed E-state index contributed by atoms with van der Waals surface area (Å²) in [6, 6.07) is 9.96. The molecular weight excluding hydrogens is 364 g/mol. The van der Waals surface area contributed by atoms with E-state index in [1.807, 2.05) is 58.0 Å². The third-order valence-corrected chi connectivity index (χ3v) is 5.51. The molecular formula is C25H32O4. The van der Waals surface area contributed by atoms with E-state index >= 15 is 0 Å². The standard InChI is InChI=1S/C25H32O4/c1-15-13-16-9-7-8-10-17(16)21(18-14-25(5,6)12-11-19(18)26)20(15)22(23(27)28)29-24(2,3)4/h7-10,13-14,19,22,26H,11-12H2,1-6H3,(H,27,28)/t19?,22-/m0/s1. The normalized spacial score (nSPS) is 20.4. The predicted molar refractivity (Wildman–Crippen MR) is 117 cm³/mol. The first-order chi connectivity index (χ1) is 13.4. The van der Waals surface area contributed by atoms with Gasteiger partial charge in [0.2, 0.25) is 0 Å². The molecule has 1 aliphatic rings. The minimum Gasteiger partial charge on any atom is -0.479 e. The van der Waals surface area contributed by atoms with E-state index in [1.165, 1.54) is 0 Å². The Morgan fingerprint density at radius 1 is 1.24 bits per heavy atom. The van der Waals surface area contributed by atoms with E-state index < -0.39 is 23.8 Å². The van der Waals surface area contributed by atoms with Crippen LogP contribution in [0.5, 0.6) is 0 Å². The zero-order chi connectivity index (χ0) is 21.6. The van der Waals surface area contributed by atoms with Crippen LogP contribution < -0.4 is 0 Å². The molecule has 2 atom stereocenters. The Hall–Kier alpha value is -2.17. The van der Waals surface area contributed by atoms with Gasteiger partial charge in [-0.1, -0.05) is 50.3 Å². The molecule has 0 spiro atoms. The maximum atomic E-state index is 12.3. The molecule has 2 aromatic rings. The van der Waals surface area contributed by atoms with Gasteiger partial charge in [0.05, 0.1) is 11.7 Å². The quantitative estimate of drug-likeness (QED) is 0.700. The second kappa shape index (κ2) is 7.58. The lowest BCUT2D eigenvalue weighted by Gasteiger charge is -2.34. The van der Waals surface area contributed by atoms with Crippen molar-refractivity contribution in [3.05, 3.63) is 53.1 Å². The predicted octanol–water partition coefficient (Wildman–Crippen LogP) is 5.65. The molecule has 0 saturated carbocycles. The van der Waals surface area contributed by atoms with Gasteiger partial charge in [-0.3, -0.25) is 0 Å². The number of carbonyl (C=O) groups is 1. The van der Waals surface area contributed by atoms with Gasteiger partial charge in [0.15, 0.2) is 6.10 Å². The number of hydrogen-bond acceptors (Lipinski definition) is 3. The van der Waals surface area contributed by atoms with Gasteiger partial charge in [-0.2, -0.15) is 0 Å². The van der Waals surface area contributed by atoms with E-state index in [1.54, 1.807) is 0 Å². The highest BCUT2D eigenvalue weighted by Crippen LogP contribution is 2.44. The van der Waals surface area contributed by atoms with E-state index in [-0.39, 0.29) is 5.41 Å². The highest BCUT2D eigenvalue weighted by atomic mass is 16.5. The molecule has 0 heterocycles.